The first-order chi connectivity index (χ1) is 14.5. The number of benzene rings is 2. The van der Waals surface area contributed by atoms with Crippen LogP contribution in [-0.2, 0) is 10.2 Å². The van der Waals surface area contributed by atoms with E-state index in [9.17, 15) is 4.79 Å². The lowest BCUT2D eigenvalue weighted by Gasteiger charge is -2.31. The van der Waals surface area contributed by atoms with Crippen molar-refractivity contribution < 1.29 is 13.9 Å². The van der Waals surface area contributed by atoms with Gasteiger partial charge in [0.2, 0.25) is 0 Å². The fourth-order valence-corrected chi connectivity index (χ4v) is 3.73. The predicted octanol–water partition coefficient (Wildman–Crippen LogP) is 5.97. The normalized spacial score (nSPS) is 14.2. The highest BCUT2D eigenvalue weighted by molar-refractivity contribution is 5.89. The van der Waals surface area contributed by atoms with E-state index in [1.807, 2.05) is 24.3 Å². The van der Waals surface area contributed by atoms with Crippen LogP contribution in [0.2, 0.25) is 0 Å². The van der Waals surface area contributed by atoms with Crippen LogP contribution in [0.15, 0.2) is 71.4 Å². The first-order valence-electron chi connectivity index (χ1n) is 10.2. The van der Waals surface area contributed by atoms with Crippen LogP contribution in [0.5, 0.6) is 0 Å². The molecule has 1 aliphatic rings. The second-order valence-electron chi connectivity index (χ2n) is 7.99. The Kier molecular flexibility index (Phi) is 5.33. The summed E-state index contributed by atoms with van der Waals surface area (Å²) in [4.78, 5) is 11.8. The van der Waals surface area contributed by atoms with Gasteiger partial charge in [0.25, 0.3) is 0 Å². The second-order valence-corrected chi connectivity index (χ2v) is 7.99. The van der Waals surface area contributed by atoms with E-state index in [1.165, 1.54) is 11.1 Å². The molecule has 30 heavy (non-hydrogen) atoms. The molecule has 3 heteroatoms. The number of ether oxygens (including phenoxy) is 1. The standard InChI is InChI=1S/C27H24O3/c1-4-29-26(28)21-12-9-19(10-13-21)7-8-20-11-14-24-23(18-20)22(15-16-27(24,2)3)25-6-5-17-30-25/h5-6,9-15,17-18H,4,16H2,1-3H3. The molecule has 150 valence electrons. The van der Waals surface area contributed by atoms with Gasteiger partial charge in [-0.3, -0.25) is 0 Å². The Morgan fingerprint density at radius 1 is 1.07 bits per heavy atom. The molecule has 1 aromatic heterocycles. The molecule has 0 atom stereocenters. The Labute approximate surface area is 177 Å². The van der Waals surface area contributed by atoms with E-state index in [0.717, 1.165) is 28.9 Å². The molecule has 0 spiro atoms. The van der Waals surface area contributed by atoms with Crippen LogP contribution in [0.1, 0.15) is 65.6 Å². The average molecular weight is 396 g/mol. The lowest BCUT2D eigenvalue weighted by Crippen LogP contribution is -2.21. The lowest BCUT2D eigenvalue weighted by atomic mass is 9.72. The molecule has 0 aliphatic heterocycles. The van der Waals surface area contributed by atoms with Crippen molar-refractivity contribution in [2.75, 3.05) is 6.61 Å². The molecular weight excluding hydrogens is 372 g/mol. The number of hydrogen-bond acceptors (Lipinski definition) is 3. The minimum absolute atomic E-state index is 0.0698. The number of rotatable bonds is 3. The number of carbonyl (C=O) groups is 1. The van der Waals surface area contributed by atoms with E-state index < -0.39 is 0 Å². The van der Waals surface area contributed by atoms with E-state index in [2.05, 4.69) is 50.0 Å². The topological polar surface area (TPSA) is 39.4 Å². The highest BCUT2D eigenvalue weighted by Gasteiger charge is 2.29. The van der Waals surface area contributed by atoms with Crippen LogP contribution in [0.4, 0.5) is 0 Å². The Balaban J connectivity index is 1.64. The average Bonchev–Trinajstić information content (AvgIpc) is 3.27. The van der Waals surface area contributed by atoms with E-state index in [1.54, 1.807) is 25.3 Å². The van der Waals surface area contributed by atoms with Crippen molar-refractivity contribution in [3.63, 3.8) is 0 Å². The van der Waals surface area contributed by atoms with Crippen LogP contribution in [0.25, 0.3) is 5.57 Å². The summed E-state index contributed by atoms with van der Waals surface area (Å²) in [5, 5.41) is 0. The van der Waals surface area contributed by atoms with Crippen LogP contribution < -0.4 is 0 Å². The first-order valence-corrected chi connectivity index (χ1v) is 10.2. The number of fused-ring (bicyclic) bond motifs is 1. The zero-order valence-electron chi connectivity index (χ0n) is 17.5. The molecule has 0 fully saturated rings. The Morgan fingerprint density at radius 3 is 2.50 bits per heavy atom. The molecule has 0 unspecified atom stereocenters. The molecule has 1 aliphatic carbocycles. The van der Waals surface area contributed by atoms with Crippen LogP contribution in [-0.4, -0.2) is 12.6 Å². The summed E-state index contributed by atoms with van der Waals surface area (Å²) < 4.78 is 10.7. The molecule has 1 heterocycles. The zero-order chi connectivity index (χ0) is 21.1. The van der Waals surface area contributed by atoms with Gasteiger partial charge in [0.1, 0.15) is 5.76 Å². The van der Waals surface area contributed by atoms with Crippen molar-refractivity contribution in [2.24, 2.45) is 0 Å². The van der Waals surface area contributed by atoms with E-state index in [-0.39, 0.29) is 11.4 Å². The van der Waals surface area contributed by atoms with E-state index in [0.29, 0.717) is 12.2 Å². The van der Waals surface area contributed by atoms with Crippen molar-refractivity contribution in [1.29, 1.82) is 0 Å². The predicted molar refractivity (Wildman–Crippen MR) is 118 cm³/mol. The van der Waals surface area contributed by atoms with Gasteiger partial charge in [0, 0.05) is 16.7 Å². The summed E-state index contributed by atoms with van der Waals surface area (Å²) in [6.45, 7) is 6.68. The fraction of sp³-hybridized carbons (Fsp3) is 0.222. The van der Waals surface area contributed by atoms with Crippen LogP contribution >= 0.6 is 0 Å². The monoisotopic (exact) mass is 396 g/mol. The lowest BCUT2D eigenvalue weighted by molar-refractivity contribution is 0.0526. The molecule has 0 N–H and O–H groups in total. The number of carbonyl (C=O) groups excluding carboxylic acids is 1. The molecule has 4 rings (SSSR count). The third-order valence-electron chi connectivity index (χ3n) is 5.39. The van der Waals surface area contributed by atoms with Gasteiger partial charge >= 0.3 is 5.97 Å². The third-order valence-corrected chi connectivity index (χ3v) is 5.39. The van der Waals surface area contributed by atoms with Crippen molar-refractivity contribution in [1.82, 2.24) is 0 Å². The molecule has 0 saturated carbocycles. The quantitative estimate of drug-likeness (QED) is 0.404. The minimum atomic E-state index is -0.313. The van der Waals surface area contributed by atoms with E-state index in [4.69, 9.17) is 9.15 Å². The highest BCUT2D eigenvalue weighted by Crippen LogP contribution is 2.41. The summed E-state index contributed by atoms with van der Waals surface area (Å²) in [6, 6.07) is 17.5. The molecule has 3 aromatic rings. The number of esters is 1. The van der Waals surface area contributed by atoms with Crippen LogP contribution in [0.3, 0.4) is 0 Å². The number of hydrogen-bond donors (Lipinski definition) is 0. The molecule has 0 saturated heterocycles. The molecule has 0 radical (unpaired) electrons. The SMILES string of the molecule is CCOC(=O)c1ccc(C#Cc2ccc3c(c2)C(c2ccco2)=CCC3(C)C)cc1. The van der Waals surface area contributed by atoms with Gasteiger partial charge in [-0.1, -0.05) is 37.8 Å². The van der Waals surface area contributed by atoms with E-state index >= 15 is 0 Å². The smallest absolute Gasteiger partial charge is 0.338 e. The van der Waals surface area contributed by atoms with Gasteiger partial charge in [0.05, 0.1) is 18.4 Å². The third kappa shape index (κ3) is 3.95. The summed E-state index contributed by atoms with van der Waals surface area (Å²) in [6.07, 6.45) is 4.93. The number of furan rings is 1. The first kappa shape index (κ1) is 19.8. The van der Waals surface area contributed by atoms with Crippen LogP contribution in [0, 0.1) is 11.8 Å². The summed E-state index contributed by atoms with van der Waals surface area (Å²) in [5.74, 6) is 7.01. The van der Waals surface area contributed by atoms with Gasteiger partial charge in [0.15, 0.2) is 0 Å². The van der Waals surface area contributed by atoms with Gasteiger partial charge in [-0.15, -0.1) is 0 Å². The molecular formula is C27H24O3. The highest BCUT2D eigenvalue weighted by atomic mass is 16.5. The van der Waals surface area contributed by atoms with Gasteiger partial charge in [-0.2, -0.15) is 0 Å². The molecule has 0 amide bonds. The number of allylic oxidation sites excluding steroid dienone is 1. The fourth-order valence-electron chi connectivity index (χ4n) is 3.73. The Hall–Kier alpha value is -3.51. The Bertz CT molecular complexity index is 1150. The maximum atomic E-state index is 11.8. The van der Waals surface area contributed by atoms with Crippen molar-refractivity contribution >= 4 is 11.5 Å². The van der Waals surface area contributed by atoms with Crippen molar-refractivity contribution in [3.05, 3.63) is 101 Å². The molecule has 3 nitrogen and oxygen atoms in total. The maximum Gasteiger partial charge on any atom is 0.338 e. The zero-order valence-corrected chi connectivity index (χ0v) is 17.5. The van der Waals surface area contributed by atoms with Gasteiger partial charge in [-0.05, 0) is 78.4 Å². The van der Waals surface area contributed by atoms with Crippen molar-refractivity contribution in [3.8, 4) is 11.8 Å². The summed E-state index contributed by atoms with van der Waals surface area (Å²) in [7, 11) is 0. The van der Waals surface area contributed by atoms with Gasteiger partial charge < -0.3 is 9.15 Å². The minimum Gasteiger partial charge on any atom is -0.464 e. The summed E-state index contributed by atoms with van der Waals surface area (Å²) >= 11 is 0. The van der Waals surface area contributed by atoms with Gasteiger partial charge in [-0.25, -0.2) is 4.79 Å². The molecule has 2 aromatic carbocycles. The summed E-state index contributed by atoms with van der Waals surface area (Å²) in [5.41, 5.74) is 6.00. The maximum absolute atomic E-state index is 11.8. The van der Waals surface area contributed by atoms with Crippen molar-refractivity contribution in [2.45, 2.75) is 32.6 Å². The second kappa shape index (κ2) is 8.08. The molecule has 0 bridgehead atoms. The Morgan fingerprint density at radius 2 is 1.80 bits per heavy atom. The largest absolute Gasteiger partial charge is 0.464 e.